The summed E-state index contributed by atoms with van der Waals surface area (Å²) in [5.74, 6) is 1.97. The first-order valence-corrected chi connectivity index (χ1v) is 10.4. The fourth-order valence-corrected chi connectivity index (χ4v) is 4.25. The van der Waals surface area contributed by atoms with E-state index in [1.165, 1.54) is 12.8 Å². The summed E-state index contributed by atoms with van der Waals surface area (Å²) >= 11 is 0. The second-order valence-corrected chi connectivity index (χ2v) is 7.79. The number of fused-ring (bicyclic) bond motifs is 1. The molecule has 2 aromatic carbocycles. The Morgan fingerprint density at radius 3 is 1.97 bits per heavy atom. The van der Waals surface area contributed by atoms with Crippen LogP contribution in [0.5, 0.6) is 0 Å². The van der Waals surface area contributed by atoms with Crippen molar-refractivity contribution >= 4 is 28.3 Å². The van der Waals surface area contributed by atoms with Crippen molar-refractivity contribution in [1.29, 1.82) is 0 Å². The molecule has 0 spiro atoms. The van der Waals surface area contributed by atoms with E-state index in [1.54, 1.807) is 0 Å². The van der Waals surface area contributed by atoms with E-state index in [1.807, 2.05) is 35.2 Å². The van der Waals surface area contributed by atoms with Gasteiger partial charge in [0.25, 0.3) is 5.91 Å². The third kappa shape index (κ3) is 3.62. The standard InChI is InChI=1S/C23H25N5O/c29-23(20-8-7-18-5-1-2-6-19(18)17-20)28-15-13-27(14-16-28)22-10-9-21(24-25-22)26-11-3-4-12-26/h1-2,5-10,17H,3-4,11-16H2. The van der Waals surface area contributed by atoms with Crippen LogP contribution in [-0.4, -0.2) is 60.3 Å². The fourth-order valence-electron chi connectivity index (χ4n) is 4.25. The Kier molecular flexibility index (Phi) is 4.76. The van der Waals surface area contributed by atoms with Gasteiger partial charge in [-0.05, 0) is 47.9 Å². The molecule has 6 heteroatoms. The molecule has 1 aromatic heterocycles. The highest BCUT2D eigenvalue weighted by atomic mass is 16.2. The summed E-state index contributed by atoms with van der Waals surface area (Å²) in [6, 6.07) is 18.2. The molecule has 2 aliphatic rings. The zero-order valence-corrected chi connectivity index (χ0v) is 16.5. The van der Waals surface area contributed by atoms with Crippen LogP contribution in [0.1, 0.15) is 23.2 Å². The summed E-state index contributed by atoms with van der Waals surface area (Å²) < 4.78 is 0. The number of rotatable bonds is 3. The number of carbonyl (C=O) groups excluding carboxylic acids is 1. The van der Waals surface area contributed by atoms with Gasteiger partial charge in [-0.15, -0.1) is 10.2 Å². The quantitative estimate of drug-likeness (QED) is 0.691. The number of nitrogens with zero attached hydrogens (tertiary/aromatic N) is 5. The maximum Gasteiger partial charge on any atom is 0.253 e. The summed E-state index contributed by atoms with van der Waals surface area (Å²) in [5, 5.41) is 11.1. The Hall–Kier alpha value is -3.15. The summed E-state index contributed by atoms with van der Waals surface area (Å²) in [4.78, 5) is 19.4. The van der Waals surface area contributed by atoms with Gasteiger partial charge in [0.05, 0.1) is 0 Å². The van der Waals surface area contributed by atoms with Crippen molar-refractivity contribution in [3.8, 4) is 0 Å². The Labute approximate surface area is 170 Å². The van der Waals surface area contributed by atoms with E-state index >= 15 is 0 Å². The lowest BCUT2D eigenvalue weighted by Gasteiger charge is -2.35. The number of piperazine rings is 1. The molecule has 0 bridgehead atoms. The molecule has 0 N–H and O–H groups in total. The Morgan fingerprint density at radius 1 is 0.690 bits per heavy atom. The van der Waals surface area contributed by atoms with Crippen molar-refractivity contribution in [1.82, 2.24) is 15.1 Å². The number of carbonyl (C=O) groups is 1. The van der Waals surface area contributed by atoms with Crippen molar-refractivity contribution in [3.63, 3.8) is 0 Å². The van der Waals surface area contributed by atoms with Gasteiger partial charge in [0.1, 0.15) is 0 Å². The number of hydrogen-bond acceptors (Lipinski definition) is 5. The zero-order chi connectivity index (χ0) is 19.6. The lowest BCUT2D eigenvalue weighted by Crippen LogP contribution is -2.49. The first-order valence-electron chi connectivity index (χ1n) is 10.4. The number of hydrogen-bond donors (Lipinski definition) is 0. The van der Waals surface area contributed by atoms with E-state index in [2.05, 4.69) is 44.3 Å². The average molecular weight is 387 g/mol. The lowest BCUT2D eigenvalue weighted by molar-refractivity contribution is 0.0746. The Balaban J connectivity index is 1.23. The minimum atomic E-state index is 0.103. The monoisotopic (exact) mass is 387 g/mol. The van der Waals surface area contributed by atoms with Crippen LogP contribution in [0, 0.1) is 0 Å². The number of amides is 1. The highest BCUT2D eigenvalue weighted by Crippen LogP contribution is 2.21. The van der Waals surface area contributed by atoms with Gasteiger partial charge in [-0.2, -0.15) is 0 Å². The molecule has 2 aliphatic heterocycles. The number of aromatic nitrogens is 2. The van der Waals surface area contributed by atoms with Gasteiger partial charge in [-0.3, -0.25) is 4.79 Å². The first-order chi connectivity index (χ1) is 14.3. The van der Waals surface area contributed by atoms with Gasteiger partial charge in [-0.1, -0.05) is 30.3 Å². The minimum absolute atomic E-state index is 0.103. The van der Waals surface area contributed by atoms with Crippen molar-refractivity contribution < 1.29 is 4.79 Å². The lowest BCUT2D eigenvalue weighted by atomic mass is 10.1. The van der Waals surface area contributed by atoms with Gasteiger partial charge in [-0.25, -0.2) is 0 Å². The molecule has 0 aliphatic carbocycles. The topological polar surface area (TPSA) is 52.6 Å². The molecule has 2 saturated heterocycles. The first kappa shape index (κ1) is 17.9. The number of anilines is 2. The molecule has 3 aromatic rings. The molecule has 0 radical (unpaired) electrons. The third-order valence-corrected chi connectivity index (χ3v) is 5.95. The zero-order valence-electron chi connectivity index (χ0n) is 16.5. The van der Waals surface area contributed by atoms with Crippen LogP contribution in [0.4, 0.5) is 11.6 Å². The van der Waals surface area contributed by atoms with Crippen LogP contribution in [0.3, 0.4) is 0 Å². The number of benzene rings is 2. The molecule has 0 saturated carbocycles. The molecule has 148 valence electrons. The van der Waals surface area contributed by atoms with Crippen LogP contribution >= 0.6 is 0 Å². The molecule has 6 nitrogen and oxygen atoms in total. The minimum Gasteiger partial charge on any atom is -0.355 e. The predicted molar refractivity (Wildman–Crippen MR) is 116 cm³/mol. The van der Waals surface area contributed by atoms with E-state index in [-0.39, 0.29) is 5.91 Å². The molecular formula is C23H25N5O. The second kappa shape index (κ2) is 7.70. The van der Waals surface area contributed by atoms with E-state index in [0.717, 1.165) is 54.2 Å². The molecular weight excluding hydrogens is 362 g/mol. The molecule has 0 unspecified atom stereocenters. The van der Waals surface area contributed by atoms with Gasteiger partial charge < -0.3 is 14.7 Å². The van der Waals surface area contributed by atoms with Crippen LogP contribution in [0.15, 0.2) is 54.6 Å². The van der Waals surface area contributed by atoms with E-state index < -0.39 is 0 Å². The molecule has 2 fully saturated rings. The van der Waals surface area contributed by atoms with E-state index in [9.17, 15) is 4.79 Å². The van der Waals surface area contributed by atoms with Gasteiger partial charge in [0.2, 0.25) is 0 Å². The Morgan fingerprint density at radius 2 is 1.31 bits per heavy atom. The van der Waals surface area contributed by atoms with E-state index in [4.69, 9.17) is 0 Å². The van der Waals surface area contributed by atoms with E-state index in [0.29, 0.717) is 13.1 Å². The summed E-state index contributed by atoms with van der Waals surface area (Å²) in [6.07, 6.45) is 2.47. The predicted octanol–water partition coefficient (Wildman–Crippen LogP) is 3.19. The third-order valence-electron chi connectivity index (χ3n) is 5.95. The van der Waals surface area contributed by atoms with Crippen LogP contribution in [0.2, 0.25) is 0 Å². The fraction of sp³-hybridized carbons (Fsp3) is 0.348. The highest BCUT2D eigenvalue weighted by Gasteiger charge is 2.23. The van der Waals surface area contributed by atoms with Gasteiger partial charge in [0.15, 0.2) is 11.6 Å². The van der Waals surface area contributed by atoms with Gasteiger partial charge in [0, 0.05) is 44.8 Å². The maximum atomic E-state index is 13.0. The molecule has 3 heterocycles. The van der Waals surface area contributed by atoms with Crippen molar-refractivity contribution in [3.05, 3.63) is 60.2 Å². The van der Waals surface area contributed by atoms with Crippen molar-refractivity contribution in [2.75, 3.05) is 49.1 Å². The molecule has 5 rings (SSSR count). The SMILES string of the molecule is O=C(c1ccc2ccccc2c1)N1CCN(c2ccc(N3CCCC3)nn2)CC1. The largest absolute Gasteiger partial charge is 0.355 e. The average Bonchev–Trinajstić information content (AvgIpc) is 3.33. The second-order valence-electron chi connectivity index (χ2n) is 7.79. The molecule has 29 heavy (non-hydrogen) atoms. The Bertz CT molecular complexity index is 1010. The summed E-state index contributed by atoms with van der Waals surface area (Å²) in [5.41, 5.74) is 0.756. The molecule has 1 amide bonds. The van der Waals surface area contributed by atoms with Gasteiger partial charge >= 0.3 is 0 Å². The normalized spacial score (nSPS) is 17.2. The highest BCUT2D eigenvalue weighted by molar-refractivity contribution is 5.98. The van der Waals surface area contributed by atoms with Crippen LogP contribution in [0.25, 0.3) is 10.8 Å². The maximum absolute atomic E-state index is 13.0. The smallest absolute Gasteiger partial charge is 0.253 e. The van der Waals surface area contributed by atoms with Crippen LogP contribution in [-0.2, 0) is 0 Å². The molecule has 0 atom stereocenters. The summed E-state index contributed by atoms with van der Waals surface area (Å²) in [7, 11) is 0. The van der Waals surface area contributed by atoms with Crippen molar-refractivity contribution in [2.45, 2.75) is 12.8 Å². The van der Waals surface area contributed by atoms with Crippen LogP contribution < -0.4 is 9.80 Å². The van der Waals surface area contributed by atoms with Crippen molar-refractivity contribution in [2.24, 2.45) is 0 Å². The summed E-state index contributed by atoms with van der Waals surface area (Å²) in [6.45, 7) is 5.09.